The molecule has 8 aliphatic rings. The molecule has 0 bridgehead atoms. The number of aromatic nitrogens is 2. The minimum atomic E-state index is -0.575. The van der Waals surface area contributed by atoms with E-state index in [-0.39, 0.29) is 0 Å². The fourth-order valence-corrected chi connectivity index (χ4v) is 26.7. The Labute approximate surface area is 703 Å². The van der Waals surface area contributed by atoms with Gasteiger partial charge in [0.05, 0.1) is 42.4 Å². The van der Waals surface area contributed by atoms with Crippen LogP contribution in [0.1, 0.15) is 89.0 Å². The van der Waals surface area contributed by atoms with Gasteiger partial charge in [-0.05, 0) is 223 Å². The van der Waals surface area contributed by atoms with E-state index >= 15 is 0 Å². The van der Waals surface area contributed by atoms with Gasteiger partial charge in [0.15, 0.2) is 0 Å². The van der Waals surface area contributed by atoms with Crippen molar-refractivity contribution in [1.82, 2.24) is 9.97 Å². The molecule has 3 heteroatoms. The molecule has 0 amide bonds. The molecule has 121 heavy (non-hydrogen) atoms. The van der Waals surface area contributed by atoms with Crippen molar-refractivity contribution in [3.05, 3.63) is 489 Å². The number of benzene rings is 19. The Morgan fingerprint density at radius 2 is 0.339 bits per heavy atom. The van der Waals surface area contributed by atoms with E-state index in [2.05, 4.69) is 400 Å². The number of thiophene rings is 1. The standard InChI is InChI=1S/C118H66N2S/c1-13-45-89-73(29-1)74-30-2-14-46-90(74)115(89)97-53-21-9-37-81(97)105-69(41-25-57-101(105)115)67-61-63-71-72-64-62-68(70-42-26-58-102-106(70)82-38-10-22-54-98(82)116(102)91-47-15-3-31-75(91)76-32-4-16-48-92(76)116)66-88(72)110-109(87(71)65-67)119-111-112(120-110)114(86-44-28-60-104-108(86)84-40-12-24-56-100(84)118(104)95-51-19-7-35-79(95)80-36-8-20-52-96(80)118)121-113(111)85-43-27-59-103-107(85)83-39-11-23-55-99(83)117(103)93-49-17-5-33-77(93)78-34-6-18-50-94(78)117/h1-66H. The number of fused-ring (bicyclic) bond motifs is 47. The zero-order valence-corrected chi connectivity index (χ0v) is 66.2. The minimum Gasteiger partial charge on any atom is -0.242 e. The van der Waals surface area contributed by atoms with Crippen molar-refractivity contribution in [2.75, 3.05) is 0 Å². The summed E-state index contributed by atoms with van der Waals surface area (Å²) < 4.78 is 0. The molecule has 0 aliphatic heterocycles. The Bertz CT molecular complexity index is 7720. The highest BCUT2D eigenvalue weighted by Gasteiger charge is 2.57. The second-order valence-electron chi connectivity index (χ2n) is 34.4. The van der Waals surface area contributed by atoms with Crippen LogP contribution in [0.25, 0.3) is 176 Å². The summed E-state index contributed by atoms with van der Waals surface area (Å²) in [6, 6.07) is 154. The van der Waals surface area contributed by atoms with Crippen LogP contribution in [0.5, 0.6) is 0 Å². The SMILES string of the molecule is c1ccc2c(c1)-c1ccccc1C21c2ccccc2-c2c(-c3ccc4c5ccc(-c6cccc7c6-c6ccccc6C76c7ccccc7-c7ccccc76)cc5c5nc6c(-c7cccc8c7-c7ccccc7C87c8ccccc8-c8ccccc87)sc(-c7cccc8c7-c7ccccc7C87c8ccccc8-c8ccccc87)c6nc5c4c3)cccc21. The van der Waals surface area contributed by atoms with Crippen LogP contribution in [0.3, 0.4) is 0 Å². The van der Waals surface area contributed by atoms with Crippen molar-refractivity contribution in [2.24, 2.45) is 0 Å². The Morgan fingerprint density at radius 1 is 0.149 bits per heavy atom. The molecular weight excluding hydrogens is 1480 g/mol. The van der Waals surface area contributed by atoms with Gasteiger partial charge in [-0.15, -0.1) is 11.3 Å². The molecule has 0 atom stereocenters. The van der Waals surface area contributed by atoms with E-state index in [0.717, 1.165) is 75.6 Å². The average molecular weight is 1540 g/mol. The van der Waals surface area contributed by atoms with Crippen LogP contribution in [-0.2, 0) is 21.7 Å². The molecule has 0 unspecified atom stereocenters. The second-order valence-corrected chi connectivity index (χ2v) is 35.4. The predicted octanol–water partition coefficient (Wildman–Crippen LogP) is 29.2. The Morgan fingerprint density at radius 3 is 0.587 bits per heavy atom. The molecule has 4 spiro atoms. The molecule has 2 nitrogen and oxygen atoms in total. The van der Waals surface area contributed by atoms with E-state index in [1.54, 1.807) is 0 Å². The lowest BCUT2D eigenvalue weighted by Crippen LogP contribution is -2.25. The first-order valence-corrected chi connectivity index (χ1v) is 43.2. The van der Waals surface area contributed by atoms with Gasteiger partial charge >= 0.3 is 0 Å². The van der Waals surface area contributed by atoms with Gasteiger partial charge in [-0.25, -0.2) is 9.97 Å². The lowest BCUT2D eigenvalue weighted by molar-refractivity contribution is 0.794. The normalized spacial score (nSPS) is 14.9. The van der Waals surface area contributed by atoms with Crippen molar-refractivity contribution in [1.29, 1.82) is 0 Å². The molecule has 2 heterocycles. The maximum absolute atomic E-state index is 6.57. The first-order valence-electron chi connectivity index (χ1n) is 42.4. The van der Waals surface area contributed by atoms with Gasteiger partial charge in [-0.3, -0.25) is 0 Å². The van der Waals surface area contributed by atoms with Crippen LogP contribution < -0.4 is 0 Å². The van der Waals surface area contributed by atoms with E-state index < -0.39 is 21.7 Å². The molecule has 0 N–H and O–H groups in total. The summed E-state index contributed by atoms with van der Waals surface area (Å²) in [6.45, 7) is 0. The van der Waals surface area contributed by atoms with Crippen LogP contribution in [0.2, 0.25) is 0 Å². The molecule has 2 aromatic heterocycles. The highest BCUT2D eigenvalue weighted by atomic mass is 32.1. The van der Waals surface area contributed by atoms with Gasteiger partial charge < -0.3 is 0 Å². The smallest absolute Gasteiger partial charge is 0.109 e. The fourth-order valence-electron chi connectivity index (χ4n) is 25.4. The monoisotopic (exact) mass is 1540 g/mol. The van der Waals surface area contributed by atoms with Gasteiger partial charge in [0.2, 0.25) is 0 Å². The number of rotatable bonds is 4. The highest BCUT2D eigenvalue weighted by Crippen LogP contribution is 2.70. The minimum absolute atomic E-state index is 0.514. The van der Waals surface area contributed by atoms with Crippen LogP contribution in [0, 0.1) is 0 Å². The zero-order chi connectivity index (χ0) is 78.5. The fraction of sp³-hybridized carbons (Fsp3) is 0.0339. The maximum atomic E-state index is 6.57. The van der Waals surface area contributed by atoms with Crippen LogP contribution >= 0.6 is 11.3 Å². The topological polar surface area (TPSA) is 25.8 Å². The molecule has 0 saturated carbocycles. The predicted molar refractivity (Wildman–Crippen MR) is 497 cm³/mol. The largest absolute Gasteiger partial charge is 0.242 e. The van der Waals surface area contributed by atoms with Crippen LogP contribution in [0.15, 0.2) is 400 Å². The summed E-state index contributed by atoms with van der Waals surface area (Å²) in [6.07, 6.45) is 0. The summed E-state index contributed by atoms with van der Waals surface area (Å²) >= 11 is 1.87. The Kier molecular flexibility index (Phi) is 12.4. The van der Waals surface area contributed by atoms with Crippen molar-refractivity contribution in [2.45, 2.75) is 21.7 Å². The molecule has 0 radical (unpaired) electrons. The molecule has 554 valence electrons. The highest BCUT2D eigenvalue weighted by molar-refractivity contribution is 7.21. The quantitative estimate of drug-likeness (QED) is 0.164. The first kappa shape index (κ1) is 65.1. The Hall–Kier alpha value is -15.0. The summed E-state index contributed by atoms with van der Waals surface area (Å²) in [7, 11) is 0. The lowest BCUT2D eigenvalue weighted by Gasteiger charge is -2.30. The molecular formula is C118H66N2S. The summed E-state index contributed by atoms with van der Waals surface area (Å²) in [5, 5.41) is 4.37. The van der Waals surface area contributed by atoms with E-state index in [0.29, 0.717) is 0 Å². The average Bonchev–Trinajstić information content (AvgIpc) is 1.52. The molecule has 21 aromatic rings. The van der Waals surface area contributed by atoms with Crippen molar-refractivity contribution in [3.8, 4) is 132 Å². The van der Waals surface area contributed by atoms with E-state index in [4.69, 9.17) is 9.97 Å². The summed E-state index contributed by atoms with van der Waals surface area (Å²) in [5.41, 5.74) is 49.7. The third kappa shape index (κ3) is 7.59. The van der Waals surface area contributed by atoms with Crippen LogP contribution in [-0.4, -0.2) is 9.97 Å². The van der Waals surface area contributed by atoms with Gasteiger partial charge in [0.25, 0.3) is 0 Å². The molecule has 8 aliphatic carbocycles. The number of hydrogen-bond acceptors (Lipinski definition) is 3. The van der Waals surface area contributed by atoms with Gasteiger partial charge in [-0.2, -0.15) is 0 Å². The van der Waals surface area contributed by atoms with Crippen molar-refractivity contribution < 1.29 is 0 Å². The van der Waals surface area contributed by atoms with Gasteiger partial charge in [0.1, 0.15) is 11.0 Å². The van der Waals surface area contributed by atoms with Crippen LogP contribution in [0.4, 0.5) is 0 Å². The van der Waals surface area contributed by atoms with Gasteiger partial charge in [-0.1, -0.05) is 388 Å². The van der Waals surface area contributed by atoms with E-state index in [9.17, 15) is 0 Å². The maximum Gasteiger partial charge on any atom is 0.109 e. The third-order valence-electron chi connectivity index (χ3n) is 29.6. The first-order chi connectivity index (χ1) is 60.1. The molecule has 19 aromatic carbocycles. The molecule has 29 rings (SSSR count). The molecule has 0 saturated heterocycles. The van der Waals surface area contributed by atoms with E-state index in [1.165, 1.54) is 189 Å². The molecule has 0 fully saturated rings. The van der Waals surface area contributed by atoms with Gasteiger partial charge in [0, 0.05) is 21.9 Å². The van der Waals surface area contributed by atoms with E-state index in [1.807, 2.05) is 11.3 Å². The number of nitrogens with zero attached hydrogens (tertiary/aromatic N) is 2. The summed E-state index contributed by atoms with van der Waals surface area (Å²) in [4.78, 5) is 15.3. The summed E-state index contributed by atoms with van der Waals surface area (Å²) in [5.74, 6) is 0. The number of hydrogen-bond donors (Lipinski definition) is 0. The van der Waals surface area contributed by atoms with Crippen molar-refractivity contribution >= 4 is 54.9 Å². The third-order valence-corrected chi connectivity index (χ3v) is 30.8. The Balaban J connectivity index is 0.744. The second kappa shape index (κ2) is 23.0. The lowest BCUT2D eigenvalue weighted by atomic mass is 9.70. The van der Waals surface area contributed by atoms with Crippen molar-refractivity contribution in [3.63, 3.8) is 0 Å². The zero-order valence-electron chi connectivity index (χ0n) is 65.4.